The molecular formula is C19H20N2O2S2. The van der Waals surface area contributed by atoms with Gasteiger partial charge in [-0.2, -0.15) is 5.26 Å². The van der Waals surface area contributed by atoms with Crippen LogP contribution >= 0.6 is 11.8 Å². The van der Waals surface area contributed by atoms with E-state index < -0.39 is 10.0 Å². The van der Waals surface area contributed by atoms with Crippen molar-refractivity contribution in [2.45, 2.75) is 47.3 Å². The molecule has 3 rings (SSSR count). The Hall–Kier alpha value is -1.81. The van der Waals surface area contributed by atoms with Crippen LogP contribution in [0.3, 0.4) is 0 Å². The number of rotatable bonds is 4. The van der Waals surface area contributed by atoms with Crippen molar-refractivity contribution >= 4 is 21.8 Å². The molecule has 1 aliphatic heterocycles. The molecule has 0 amide bonds. The lowest BCUT2D eigenvalue weighted by Gasteiger charge is -2.35. The van der Waals surface area contributed by atoms with Crippen molar-refractivity contribution in [1.82, 2.24) is 4.72 Å². The zero-order chi connectivity index (χ0) is 18.2. The van der Waals surface area contributed by atoms with E-state index in [1.807, 2.05) is 31.2 Å². The van der Waals surface area contributed by atoms with Gasteiger partial charge in [0.1, 0.15) is 0 Å². The van der Waals surface area contributed by atoms with Crippen molar-refractivity contribution in [2.24, 2.45) is 0 Å². The molecule has 4 nitrogen and oxygen atoms in total. The van der Waals surface area contributed by atoms with Gasteiger partial charge in [-0.15, -0.1) is 0 Å². The van der Waals surface area contributed by atoms with Crippen molar-refractivity contribution in [1.29, 1.82) is 5.26 Å². The number of nitriles is 1. The van der Waals surface area contributed by atoms with Crippen molar-refractivity contribution in [3.05, 3.63) is 53.1 Å². The Balaban J connectivity index is 2.08. The van der Waals surface area contributed by atoms with Crippen molar-refractivity contribution < 1.29 is 8.42 Å². The number of fused-ring (bicyclic) bond motifs is 2. The summed E-state index contributed by atoms with van der Waals surface area (Å²) in [5.41, 5.74) is 2.94. The summed E-state index contributed by atoms with van der Waals surface area (Å²) in [5, 5.41) is 8.61. The maximum atomic E-state index is 12.6. The molecule has 1 aliphatic rings. The van der Waals surface area contributed by atoms with E-state index in [-0.39, 0.29) is 23.3 Å². The lowest BCUT2D eigenvalue weighted by atomic mass is 9.77. The molecule has 0 saturated heterocycles. The third kappa shape index (κ3) is 3.20. The smallest absolute Gasteiger partial charge is 0.210 e. The standard InChI is InChI=1S/C19H20N2O2S2/c1-13-11-15-17(12-18(13)25(22,23)21-10-6-9-20)24-16-8-5-4-7-14(16)19(15,2)3/h4-5,7-8,11-12,21H,6,10H2,1-3H3. The predicted molar refractivity (Wildman–Crippen MR) is 99.3 cm³/mol. The largest absolute Gasteiger partial charge is 0.240 e. The fourth-order valence-electron chi connectivity index (χ4n) is 3.19. The topological polar surface area (TPSA) is 70.0 Å². The van der Waals surface area contributed by atoms with E-state index in [0.29, 0.717) is 0 Å². The lowest BCUT2D eigenvalue weighted by molar-refractivity contribution is 0.579. The first-order chi connectivity index (χ1) is 11.8. The third-order valence-electron chi connectivity index (χ3n) is 4.55. The molecule has 2 aromatic carbocycles. The lowest BCUT2D eigenvalue weighted by Crippen LogP contribution is -2.27. The highest BCUT2D eigenvalue weighted by molar-refractivity contribution is 7.99. The number of nitrogens with one attached hydrogen (secondary N) is 1. The van der Waals surface area contributed by atoms with Gasteiger partial charge in [-0.1, -0.05) is 49.9 Å². The highest BCUT2D eigenvalue weighted by atomic mass is 32.2. The van der Waals surface area contributed by atoms with Crippen LogP contribution < -0.4 is 4.72 Å². The van der Waals surface area contributed by atoms with Crippen LogP contribution in [0, 0.1) is 18.3 Å². The molecule has 2 aromatic rings. The number of sulfonamides is 1. The Morgan fingerprint density at radius 1 is 1.16 bits per heavy atom. The summed E-state index contributed by atoms with van der Waals surface area (Å²) in [4.78, 5) is 2.41. The van der Waals surface area contributed by atoms with Crippen LogP contribution in [0.2, 0.25) is 0 Å². The molecule has 0 atom stereocenters. The van der Waals surface area contributed by atoms with E-state index in [9.17, 15) is 8.42 Å². The van der Waals surface area contributed by atoms with E-state index in [0.717, 1.165) is 20.9 Å². The summed E-state index contributed by atoms with van der Waals surface area (Å²) in [6.45, 7) is 6.28. The van der Waals surface area contributed by atoms with Gasteiger partial charge in [0.05, 0.1) is 11.0 Å². The second-order valence-corrected chi connectivity index (χ2v) is 9.46. The molecule has 0 radical (unpaired) electrons. The molecule has 1 N–H and O–H groups in total. The van der Waals surface area contributed by atoms with Crippen LogP contribution in [0.15, 0.2) is 51.1 Å². The molecule has 0 aromatic heterocycles. The molecule has 130 valence electrons. The summed E-state index contributed by atoms with van der Waals surface area (Å²) in [5.74, 6) is 0. The maximum Gasteiger partial charge on any atom is 0.240 e. The first kappa shape index (κ1) is 18.0. The van der Waals surface area contributed by atoms with E-state index in [1.54, 1.807) is 17.8 Å². The summed E-state index contributed by atoms with van der Waals surface area (Å²) < 4.78 is 27.7. The fraction of sp³-hybridized carbons (Fsp3) is 0.316. The summed E-state index contributed by atoms with van der Waals surface area (Å²) in [6, 6.07) is 13.9. The first-order valence-corrected chi connectivity index (χ1v) is 10.4. The van der Waals surface area contributed by atoms with Gasteiger partial charge < -0.3 is 0 Å². The Morgan fingerprint density at radius 2 is 1.88 bits per heavy atom. The highest BCUT2D eigenvalue weighted by Gasteiger charge is 2.34. The van der Waals surface area contributed by atoms with Crippen molar-refractivity contribution in [3.8, 4) is 6.07 Å². The third-order valence-corrected chi connectivity index (χ3v) is 7.29. The second kappa shape index (κ2) is 6.49. The van der Waals surface area contributed by atoms with Crippen LogP contribution in [-0.4, -0.2) is 15.0 Å². The van der Waals surface area contributed by atoms with Crippen LogP contribution in [-0.2, 0) is 15.4 Å². The molecule has 0 saturated carbocycles. The fourth-order valence-corrected chi connectivity index (χ4v) is 5.96. The zero-order valence-corrected chi connectivity index (χ0v) is 16.1. The molecule has 25 heavy (non-hydrogen) atoms. The minimum absolute atomic E-state index is 0.122. The Morgan fingerprint density at radius 3 is 2.60 bits per heavy atom. The minimum Gasteiger partial charge on any atom is -0.210 e. The maximum absolute atomic E-state index is 12.6. The van der Waals surface area contributed by atoms with Crippen LogP contribution in [0.25, 0.3) is 0 Å². The second-order valence-electron chi connectivity index (χ2n) is 6.64. The number of benzene rings is 2. The summed E-state index contributed by atoms with van der Waals surface area (Å²) >= 11 is 1.61. The van der Waals surface area contributed by atoms with E-state index in [1.165, 1.54) is 5.56 Å². The van der Waals surface area contributed by atoms with Gasteiger partial charge in [-0.3, -0.25) is 0 Å². The van der Waals surface area contributed by atoms with Gasteiger partial charge in [-0.05, 0) is 35.7 Å². The van der Waals surface area contributed by atoms with Gasteiger partial charge in [0.25, 0.3) is 0 Å². The molecule has 1 heterocycles. The quantitative estimate of drug-likeness (QED) is 0.824. The average molecular weight is 373 g/mol. The molecule has 6 heteroatoms. The molecule has 0 spiro atoms. The molecule has 0 fully saturated rings. The van der Waals surface area contributed by atoms with Crippen LogP contribution in [0.1, 0.15) is 37.0 Å². The van der Waals surface area contributed by atoms with Gasteiger partial charge in [0, 0.05) is 28.2 Å². The van der Waals surface area contributed by atoms with Gasteiger partial charge >= 0.3 is 0 Å². The summed E-state index contributed by atoms with van der Waals surface area (Å²) in [6.07, 6.45) is 0.151. The van der Waals surface area contributed by atoms with E-state index >= 15 is 0 Å². The Bertz CT molecular complexity index is 973. The average Bonchev–Trinajstić information content (AvgIpc) is 2.55. The van der Waals surface area contributed by atoms with Gasteiger partial charge in [-0.25, -0.2) is 13.1 Å². The monoisotopic (exact) mass is 372 g/mol. The van der Waals surface area contributed by atoms with Crippen LogP contribution in [0.4, 0.5) is 0 Å². The first-order valence-electron chi connectivity index (χ1n) is 8.06. The predicted octanol–water partition coefficient (Wildman–Crippen LogP) is 3.98. The molecule has 0 bridgehead atoms. The van der Waals surface area contributed by atoms with E-state index in [2.05, 4.69) is 30.7 Å². The van der Waals surface area contributed by atoms with E-state index in [4.69, 9.17) is 5.26 Å². The molecular weight excluding hydrogens is 352 g/mol. The SMILES string of the molecule is Cc1cc2c(cc1S(=O)(=O)NCCC#N)Sc1ccccc1C2(C)C. The highest BCUT2D eigenvalue weighted by Crippen LogP contribution is 2.49. The van der Waals surface area contributed by atoms with Crippen molar-refractivity contribution in [3.63, 3.8) is 0 Å². The van der Waals surface area contributed by atoms with Gasteiger partial charge in [0.2, 0.25) is 10.0 Å². The Kier molecular flexibility index (Phi) is 4.67. The Labute approximate surface area is 153 Å². The summed E-state index contributed by atoms with van der Waals surface area (Å²) in [7, 11) is -3.63. The minimum atomic E-state index is -3.63. The molecule has 0 unspecified atom stereocenters. The van der Waals surface area contributed by atoms with Crippen LogP contribution in [0.5, 0.6) is 0 Å². The van der Waals surface area contributed by atoms with Crippen molar-refractivity contribution in [2.75, 3.05) is 6.54 Å². The number of aryl methyl sites for hydroxylation is 1. The number of nitrogens with zero attached hydrogens (tertiary/aromatic N) is 1. The zero-order valence-electron chi connectivity index (χ0n) is 14.5. The number of hydrogen-bond acceptors (Lipinski definition) is 4. The van der Waals surface area contributed by atoms with Gasteiger partial charge in [0.15, 0.2) is 0 Å². The normalized spacial score (nSPS) is 15.1. The number of hydrogen-bond donors (Lipinski definition) is 1. The molecule has 0 aliphatic carbocycles.